The minimum atomic E-state index is -0.313. The molecule has 1 aromatic carbocycles. The van der Waals surface area contributed by atoms with E-state index in [0.717, 1.165) is 21.9 Å². The summed E-state index contributed by atoms with van der Waals surface area (Å²) in [6, 6.07) is 17.4. The van der Waals surface area contributed by atoms with Crippen molar-refractivity contribution in [1.82, 2.24) is 14.8 Å². The first-order chi connectivity index (χ1) is 16.6. The van der Waals surface area contributed by atoms with E-state index in [9.17, 15) is 9.59 Å². The summed E-state index contributed by atoms with van der Waals surface area (Å²) < 4.78 is 11.5. The number of methoxy groups -OCH3 is 1. The van der Waals surface area contributed by atoms with Crippen molar-refractivity contribution in [2.24, 2.45) is 0 Å². The second-order valence-electron chi connectivity index (χ2n) is 8.23. The normalized spacial score (nSPS) is 16.4. The van der Waals surface area contributed by atoms with E-state index in [2.05, 4.69) is 4.98 Å². The van der Waals surface area contributed by atoms with Gasteiger partial charge in [0.15, 0.2) is 0 Å². The Labute approximate surface area is 203 Å². The first-order valence-corrected chi connectivity index (χ1v) is 12.2. The molecule has 1 atom stereocenters. The Balaban J connectivity index is 1.46. The number of aromatic nitrogens is 1. The highest BCUT2D eigenvalue weighted by Gasteiger charge is 2.31. The van der Waals surface area contributed by atoms with Crippen molar-refractivity contribution in [2.75, 3.05) is 26.7 Å². The fraction of sp³-hybridized carbons (Fsp3) is 0.346. The van der Waals surface area contributed by atoms with Gasteiger partial charge in [-0.3, -0.25) is 14.6 Å². The Kier molecular flexibility index (Phi) is 8.27. The molecule has 3 aromatic rings. The van der Waals surface area contributed by atoms with Crippen molar-refractivity contribution in [2.45, 2.75) is 32.1 Å². The highest BCUT2D eigenvalue weighted by molar-refractivity contribution is 7.09. The Bertz CT molecular complexity index is 1070. The lowest BCUT2D eigenvalue weighted by Crippen LogP contribution is -2.39. The van der Waals surface area contributed by atoms with Gasteiger partial charge in [-0.1, -0.05) is 24.3 Å². The lowest BCUT2D eigenvalue weighted by atomic mass is 10.2. The predicted molar refractivity (Wildman–Crippen MR) is 130 cm³/mol. The van der Waals surface area contributed by atoms with Crippen LogP contribution in [0, 0.1) is 0 Å². The van der Waals surface area contributed by atoms with Crippen molar-refractivity contribution in [3.63, 3.8) is 0 Å². The van der Waals surface area contributed by atoms with Crippen LogP contribution >= 0.6 is 11.3 Å². The van der Waals surface area contributed by atoms with Crippen LogP contribution < -0.4 is 4.74 Å². The molecule has 3 heterocycles. The van der Waals surface area contributed by atoms with Crippen LogP contribution in [0.2, 0.25) is 0 Å². The zero-order valence-corrected chi connectivity index (χ0v) is 20.1. The number of thiophene rings is 1. The number of amides is 2. The third kappa shape index (κ3) is 6.65. The molecule has 1 saturated heterocycles. The van der Waals surface area contributed by atoms with Gasteiger partial charge in [-0.2, -0.15) is 0 Å². The maximum atomic E-state index is 13.1. The van der Waals surface area contributed by atoms with E-state index in [1.807, 2.05) is 60.0 Å². The van der Waals surface area contributed by atoms with Gasteiger partial charge < -0.3 is 19.3 Å². The number of ether oxygens (including phenoxy) is 2. The van der Waals surface area contributed by atoms with E-state index < -0.39 is 0 Å². The molecule has 0 N–H and O–H groups in total. The van der Waals surface area contributed by atoms with Gasteiger partial charge in [-0.25, -0.2) is 0 Å². The van der Waals surface area contributed by atoms with Crippen molar-refractivity contribution in [1.29, 1.82) is 0 Å². The molecule has 7 nitrogen and oxygen atoms in total. The van der Waals surface area contributed by atoms with Crippen LogP contribution in [0.3, 0.4) is 0 Å². The van der Waals surface area contributed by atoms with Crippen LogP contribution in [0.25, 0.3) is 0 Å². The fourth-order valence-electron chi connectivity index (χ4n) is 3.93. The smallest absolute Gasteiger partial charge is 0.242 e. The molecule has 0 spiro atoms. The monoisotopic (exact) mass is 479 g/mol. The Morgan fingerprint density at radius 3 is 2.82 bits per heavy atom. The van der Waals surface area contributed by atoms with E-state index in [0.29, 0.717) is 39.1 Å². The molecule has 1 aliphatic heterocycles. The number of pyridine rings is 1. The quantitative estimate of drug-likeness (QED) is 0.470. The summed E-state index contributed by atoms with van der Waals surface area (Å²) in [5, 5.41) is 2.01. The third-order valence-corrected chi connectivity index (χ3v) is 6.68. The van der Waals surface area contributed by atoms with E-state index >= 15 is 0 Å². The highest BCUT2D eigenvalue weighted by Crippen LogP contribution is 2.18. The van der Waals surface area contributed by atoms with E-state index in [4.69, 9.17) is 9.47 Å². The molecule has 0 aliphatic carbocycles. The zero-order valence-electron chi connectivity index (χ0n) is 19.3. The van der Waals surface area contributed by atoms with Gasteiger partial charge in [0.2, 0.25) is 11.8 Å². The summed E-state index contributed by atoms with van der Waals surface area (Å²) in [5.74, 6) is 0.637. The molecule has 8 heteroatoms. The van der Waals surface area contributed by atoms with Gasteiger partial charge in [0, 0.05) is 30.6 Å². The van der Waals surface area contributed by atoms with Gasteiger partial charge in [-0.05, 0) is 47.7 Å². The zero-order chi connectivity index (χ0) is 23.8. The minimum absolute atomic E-state index is 0.0311. The number of rotatable bonds is 9. The van der Waals surface area contributed by atoms with Crippen molar-refractivity contribution in [3.8, 4) is 5.75 Å². The summed E-state index contributed by atoms with van der Waals surface area (Å²) >= 11 is 1.64. The number of carbonyl (C=O) groups excluding carboxylic acids is 2. The van der Waals surface area contributed by atoms with Gasteiger partial charge >= 0.3 is 0 Å². The van der Waals surface area contributed by atoms with E-state index in [-0.39, 0.29) is 24.5 Å². The molecule has 0 bridgehead atoms. The lowest BCUT2D eigenvalue weighted by Gasteiger charge is -2.25. The number of hydrogen-bond donors (Lipinski definition) is 0. The van der Waals surface area contributed by atoms with Crippen LogP contribution in [0.4, 0.5) is 0 Å². The lowest BCUT2D eigenvalue weighted by molar-refractivity contribution is -0.139. The average Bonchev–Trinajstić information content (AvgIpc) is 3.34. The molecule has 2 aromatic heterocycles. The molecule has 4 rings (SSSR count). The molecular formula is C26H29N3O4S. The molecule has 0 unspecified atom stereocenters. The third-order valence-electron chi connectivity index (χ3n) is 5.74. The Hall–Kier alpha value is -3.23. The van der Waals surface area contributed by atoms with Crippen LogP contribution in [0.5, 0.6) is 5.75 Å². The minimum Gasteiger partial charge on any atom is -0.497 e. The number of aryl methyl sites for hydroxylation is 1. The van der Waals surface area contributed by atoms with Crippen molar-refractivity contribution < 1.29 is 19.1 Å². The van der Waals surface area contributed by atoms with Crippen molar-refractivity contribution in [3.05, 3.63) is 82.3 Å². The molecule has 1 fully saturated rings. The predicted octanol–water partition coefficient (Wildman–Crippen LogP) is 3.54. The van der Waals surface area contributed by atoms with Gasteiger partial charge in [0.25, 0.3) is 0 Å². The Morgan fingerprint density at radius 2 is 2.06 bits per heavy atom. The van der Waals surface area contributed by atoms with E-state index in [1.165, 1.54) is 0 Å². The summed E-state index contributed by atoms with van der Waals surface area (Å²) in [6.45, 7) is 1.57. The van der Waals surface area contributed by atoms with Crippen LogP contribution in [-0.2, 0) is 33.9 Å². The number of benzene rings is 1. The average molecular weight is 480 g/mol. The van der Waals surface area contributed by atoms with Crippen LogP contribution in [0.15, 0.2) is 66.2 Å². The number of hydrogen-bond acceptors (Lipinski definition) is 6. The molecule has 2 amide bonds. The summed E-state index contributed by atoms with van der Waals surface area (Å²) in [7, 11) is 1.63. The van der Waals surface area contributed by atoms with Crippen LogP contribution in [-0.4, -0.2) is 59.4 Å². The second kappa shape index (κ2) is 11.8. The summed E-state index contributed by atoms with van der Waals surface area (Å²) in [4.78, 5) is 35.0. The topological polar surface area (TPSA) is 72.0 Å². The largest absolute Gasteiger partial charge is 0.497 e. The van der Waals surface area contributed by atoms with Crippen molar-refractivity contribution >= 4 is 23.2 Å². The Morgan fingerprint density at radius 1 is 1.15 bits per heavy atom. The van der Waals surface area contributed by atoms with Gasteiger partial charge in [0.1, 0.15) is 5.75 Å². The van der Waals surface area contributed by atoms with E-state index in [1.54, 1.807) is 34.4 Å². The highest BCUT2D eigenvalue weighted by atomic mass is 32.1. The first-order valence-electron chi connectivity index (χ1n) is 11.3. The van der Waals surface area contributed by atoms with Gasteiger partial charge in [0.05, 0.1) is 38.6 Å². The maximum Gasteiger partial charge on any atom is 0.242 e. The molecule has 0 radical (unpaired) electrons. The number of nitrogens with zero attached hydrogens (tertiary/aromatic N) is 3. The fourth-order valence-corrected chi connectivity index (χ4v) is 4.64. The summed E-state index contributed by atoms with van der Waals surface area (Å²) in [6.07, 6.45) is 2.45. The molecule has 0 saturated carbocycles. The summed E-state index contributed by atoms with van der Waals surface area (Å²) in [5.41, 5.74) is 1.78. The molecule has 1 aliphatic rings. The molecule has 178 valence electrons. The van der Waals surface area contributed by atoms with Crippen LogP contribution in [0.1, 0.15) is 22.6 Å². The van der Waals surface area contributed by atoms with Gasteiger partial charge in [-0.15, -0.1) is 11.3 Å². The first kappa shape index (κ1) is 23.9. The SMILES string of the molecule is COc1cccc(CO[C@H]2CN(C(=O)CCc3cccs3)CC(=O)N(Cc3ccccn3)C2)c1. The second-order valence-corrected chi connectivity index (χ2v) is 9.27. The molecular weight excluding hydrogens is 450 g/mol. The molecule has 34 heavy (non-hydrogen) atoms. The number of carbonyl (C=O) groups is 2. The maximum absolute atomic E-state index is 13.1. The standard InChI is InChI=1S/C26H29N3O4S/c1-32-22-8-4-6-20(14-22)19-33-23-16-28(15-21-7-2-3-12-27-21)26(31)18-29(17-23)25(30)11-10-24-9-5-13-34-24/h2-9,12-14,23H,10-11,15-19H2,1H3/t23-/m1/s1.